The minimum Gasteiger partial charge on any atom is -0.317 e. The van der Waals surface area contributed by atoms with E-state index in [2.05, 4.69) is 6.58 Å². The Morgan fingerprint density at radius 2 is 1.56 bits per heavy atom. The molecule has 0 aliphatic heterocycles. The molecule has 0 radical (unpaired) electrons. The second-order valence-electron chi connectivity index (χ2n) is 4.34. The van der Waals surface area contributed by atoms with Gasteiger partial charge in [-0.2, -0.15) is 0 Å². The lowest BCUT2D eigenvalue weighted by atomic mass is 9.81. The summed E-state index contributed by atoms with van der Waals surface area (Å²) in [5.74, 6) is -0.257. The van der Waals surface area contributed by atoms with Gasteiger partial charge in [0.15, 0.2) is 0 Å². The summed E-state index contributed by atoms with van der Waals surface area (Å²) >= 11 is 0. The Labute approximate surface area is 107 Å². The molecular weight excluding hydrogens is 225 g/mol. The van der Waals surface area contributed by atoms with Crippen molar-refractivity contribution >= 4 is 0 Å². The van der Waals surface area contributed by atoms with Crippen LogP contribution in [-0.4, -0.2) is 0 Å². The van der Waals surface area contributed by atoms with Gasteiger partial charge in [0.05, 0.1) is 5.54 Å². The van der Waals surface area contributed by atoms with E-state index in [-0.39, 0.29) is 5.82 Å². The van der Waals surface area contributed by atoms with Gasteiger partial charge in [0.1, 0.15) is 5.82 Å². The molecule has 0 saturated heterocycles. The van der Waals surface area contributed by atoms with Crippen molar-refractivity contribution in [3.8, 4) is 0 Å². The summed E-state index contributed by atoms with van der Waals surface area (Å²) < 4.78 is 13.0. The van der Waals surface area contributed by atoms with E-state index in [0.717, 1.165) is 11.1 Å². The maximum Gasteiger partial charge on any atom is 0.123 e. The zero-order valence-electron chi connectivity index (χ0n) is 10.1. The fourth-order valence-electron chi connectivity index (χ4n) is 2.11. The third-order valence-corrected chi connectivity index (χ3v) is 3.11. The van der Waals surface area contributed by atoms with Crippen molar-refractivity contribution in [3.63, 3.8) is 0 Å². The van der Waals surface area contributed by atoms with Crippen LogP contribution in [0.5, 0.6) is 0 Å². The molecule has 2 heteroatoms. The standard InChI is InChI=1S/C16H16FN/c1-2-12-16(18,13-6-4-3-5-7-13)14-8-10-15(17)11-9-14/h2-11H,1,12,18H2. The van der Waals surface area contributed by atoms with E-state index < -0.39 is 5.54 Å². The lowest BCUT2D eigenvalue weighted by Gasteiger charge is -2.29. The minimum atomic E-state index is -0.656. The molecule has 1 unspecified atom stereocenters. The summed E-state index contributed by atoms with van der Waals surface area (Å²) in [7, 11) is 0. The molecule has 0 saturated carbocycles. The van der Waals surface area contributed by atoms with Crippen molar-refractivity contribution in [2.75, 3.05) is 0 Å². The smallest absolute Gasteiger partial charge is 0.123 e. The van der Waals surface area contributed by atoms with Crippen LogP contribution in [0.15, 0.2) is 67.3 Å². The predicted octanol–water partition coefficient (Wildman–Crippen LogP) is 3.60. The Morgan fingerprint density at radius 1 is 1.00 bits per heavy atom. The first-order valence-electron chi connectivity index (χ1n) is 5.88. The molecule has 0 amide bonds. The minimum absolute atomic E-state index is 0.257. The SMILES string of the molecule is C=CCC(N)(c1ccccc1)c1ccc(F)cc1. The van der Waals surface area contributed by atoms with Crippen LogP contribution in [0.4, 0.5) is 4.39 Å². The van der Waals surface area contributed by atoms with Crippen LogP contribution in [0.3, 0.4) is 0 Å². The average Bonchev–Trinajstić information content (AvgIpc) is 2.40. The molecule has 1 atom stereocenters. The second-order valence-corrected chi connectivity index (χ2v) is 4.34. The highest BCUT2D eigenvalue weighted by Gasteiger charge is 2.27. The van der Waals surface area contributed by atoms with Crippen molar-refractivity contribution in [2.45, 2.75) is 12.0 Å². The number of hydrogen-bond acceptors (Lipinski definition) is 1. The lowest BCUT2D eigenvalue weighted by molar-refractivity contribution is 0.544. The predicted molar refractivity (Wildman–Crippen MR) is 72.6 cm³/mol. The van der Waals surface area contributed by atoms with Crippen molar-refractivity contribution in [1.82, 2.24) is 0 Å². The Bertz CT molecular complexity index is 519. The van der Waals surface area contributed by atoms with Gasteiger partial charge in [0, 0.05) is 0 Å². The molecule has 18 heavy (non-hydrogen) atoms. The van der Waals surface area contributed by atoms with Gasteiger partial charge in [-0.3, -0.25) is 0 Å². The molecule has 0 aliphatic rings. The molecule has 0 heterocycles. The monoisotopic (exact) mass is 241 g/mol. The first-order chi connectivity index (χ1) is 8.66. The van der Waals surface area contributed by atoms with Crippen molar-refractivity contribution in [2.24, 2.45) is 5.73 Å². The maximum atomic E-state index is 13.0. The van der Waals surface area contributed by atoms with E-state index in [9.17, 15) is 4.39 Å². The average molecular weight is 241 g/mol. The zero-order chi connectivity index (χ0) is 13.0. The number of halogens is 1. The summed E-state index contributed by atoms with van der Waals surface area (Å²) in [5.41, 5.74) is 7.73. The highest BCUT2D eigenvalue weighted by molar-refractivity contribution is 5.38. The van der Waals surface area contributed by atoms with Crippen molar-refractivity contribution in [3.05, 3.63) is 84.2 Å². The highest BCUT2D eigenvalue weighted by Crippen LogP contribution is 2.30. The van der Waals surface area contributed by atoms with Gasteiger partial charge in [-0.15, -0.1) is 6.58 Å². The van der Waals surface area contributed by atoms with E-state index in [1.54, 1.807) is 18.2 Å². The molecule has 2 rings (SSSR count). The van der Waals surface area contributed by atoms with Crippen LogP contribution in [0.1, 0.15) is 17.5 Å². The summed E-state index contributed by atoms with van der Waals surface area (Å²) in [4.78, 5) is 0. The Morgan fingerprint density at radius 3 is 2.11 bits per heavy atom. The summed E-state index contributed by atoms with van der Waals surface area (Å²) in [6, 6.07) is 16.1. The summed E-state index contributed by atoms with van der Waals surface area (Å²) in [6.07, 6.45) is 2.39. The molecule has 1 nitrogen and oxygen atoms in total. The van der Waals surface area contributed by atoms with Gasteiger partial charge < -0.3 is 5.73 Å². The van der Waals surface area contributed by atoms with E-state index >= 15 is 0 Å². The lowest BCUT2D eigenvalue weighted by Crippen LogP contribution is -2.37. The van der Waals surface area contributed by atoms with E-state index in [0.29, 0.717) is 6.42 Å². The number of hydrogen-bond donors (Lipinski definition) is 1. The van der Waals surface area contributed by atoms with Crippen LogP contribution >= 0.6 is 0 Å². The van der Waals surface area contributed by atoms with Gasteiger partial charge in [0.25, 0.3) is 0 Å². The quantitative estimate of drug-likeness (QED) is 0.813. The first-order valence-corrected chi connectivity index (χ1v) is 5.88. The molecule has 0 fully saturated rings. The summed E-state index contributed by atoms with van der Waals surface area (Å²) in [5, 5.41) is 0. The van der Waals surface area contributed by atoms with E-state index in [4.69, 9.17) is 5.73 Å². The second kappa shape index (κ2) is 5.15. The molecule has 2 N–H and O–H groups in total. The van der Waals surface area contributed by atoms with E-state index in [1.807, 2.05) is 30.3 Å². The number of rotatable bonds is 4. The fraction of sp³-hybridized carbons (Fsp3) is 0.125. The molecule has 92 valence electrons. The van der Waals surface area contributed by atoms with E-state index in [1.165, 1.54) is 12.1 Å². The van der Waals surface area contributed by atoms with Gasteiger partial charge in [-0.05, 0) is 29.7 Å². The largest absolute Gasteiger partial charge is 0.317 e. The van der Waals surface area contributed by atoms with Gasteiger partial charge in [0.2, 0.25) is 0 Å². The van der Waals surface area contributed by atoms with Crippen LogP contribution in [-0.2, 0) is 5.54 Å². The first kappa shape index (κ1) is 12.5. The topological polar surface area (TPSA) is 26.0 Å². The maximum absolute atomic E-state index is 13.0. The van der Waals surface area contributed by atoms with Crippen LogP contribution in [0, 0.1) is 5.82 Å². The molecular formula is C16H16FN. The Kier molecular flexibility index (Phi) is 3.58. The highest BCUT2D eigenvalue weighted by atomic mass is 19.1. The molecule has 0 aliphatic carbocycles. The third kappa shape index (κ3) is 2.34. The van der Waals surface area contributed by atoms with Gasteiger partial charge >= 0.3 is 0 Å². The zero-order valence-corrected chi connectivity index (χ0v) is 10.1. The van der Waals surface area contributed by atoms with Crippen LogP contribution < -0.4 is 5.73 Å². The molecule has 2 aromatic carbocycles. The Balaban J connectivity index is 2.50. The summed E-state index contributed by atoms with van der Waals surface area (Å²) in [6.45, 7) is 3.76. The van der Waals surface area contributed by atoms with Gasteiger partial charge in [-0.1, -0.05) is 48.5 Å². The molecule has 0 aromatic heterocycles. The number of benzene rings is 2. The normalized spacial score (nSPS) is 13.9. The van der Waals surface area contributed by atoms with Crippen molar-refractivity contribution in [1.29, 1.82) is 0 Å². The molecule has 0 spiro atoms. The fourth-order valence-corrected chi connectivity index (χ4v) is 2.11. The number of nitrogens with two attached hydrogens (primary N) is 1. The van der Waals surface area contributed by atoms with Crippen molar-refractivity contribution < 1.29 is 4.39 Å². The van der Waals surface area contributed by atoms with Crippen LogP contribution in [0.2, 0.25) is 0 Å². The third-order valence-electron chi connectivity index (χ3n) is 3.11. The molecule has 2 aromatic rings. The molecule has 0 bridgehead atoms. The van der Waals surface area contributed by atoms with Crippen LogP contribution in [0.25, 0.3) is 0 Å². The Hall–Kier alpha value is -1.93. The van der Waals surface area contributed by atoms with Gasteiger partial charge in [-0.25, -0.2) is 4.39 Å².